The number of thiophene rings is 1. The minimum absolute atomic E-state index is 0.132. The summed E-state index contributed by atoms with van der Waals surface area (Å²) >= 11 is 1.65. The van der Waals surface area contributed by atoms with E-state index in [2.05, 4.69) is 0 Å². The van der Waals surface area contributed by atoms with Crippen LogP contribution in [0, 0.1) is 17.0 Å². The second-order valence-electron chi connectivity index (χ2n) is 3.24. The number of rotatable bonds is 2. The second-order valence-corrected chi connectivity index (χ2v) is 4.15. The summed E-state index contributed by atoms with van der Waals surface area (Å²) in [6.07, 6.45) is 0. The van der Waals surface area contributed by atoms with Crippen LogP contribution >= 0.6 is 11.3 Å². The summed E-state index contributed by atoms with van der Waals surface area (Å²) in [6.45, 7) is 2.03. The van der Waals surface area contributed by atoms with Gasteiger partial charge in [0.2, 0.25) is 0 Å². The van der Waals surface area contributed by atoms with Crippen molar-refractivity contribution in [1.82, 2.24) is 0 Å². The van der Waals surface area contributed by atoms with Gasteiger partial charge in [-0.2, -0.15) is 0 Å². The lowest BCUT2D eigenvalue weighted by Gasteiger charge is -1.98. The first kappa shape index (κ1) is 9.86. The molecule has 1 heterocycles. The molecule has 1 aromatic heterocycles. The van der Waals surface area contributed by atoms with Crippen molar-refractivity contribution in [3.8, 4) is 10.4 Å². The highest BCUT2D eigenvalue weighted by molar-refractivity contribution is 7.13. The monoisotopic (exact) mass is 219 g/mol. The van der Waals surface area contributed by atoms with Gasteiger partial charge in [0.25, 0.3) is 5.69 Å². The van der Waals surface area contributed by atoms with Crippen molar-refractivity contribution in [3.63, 3.8) is 0 Å². The molecule has 3 nitrogen and oxygen atoms in total. The molecule has 0 radical (unpaired) electrons. The Morgan fingerprint density at radius 1 is 1.20 bits per heavy atom. The van der Waals surface area contributed by atoms with Crippen molar-refractivity contribution < 1.29 is 4.92 Å². The van der Waals surface area contributed by atoms with Gasteiger partial charge in [-0.15, -0.1) is 11.3 Å². The molecule has 2 aromatic rings. The molecule has 76 valence electrons. The van der Waals surface area contributed by atoms with Gasteiger partial charge >= 0.3 is 0 Å². The van der Waals surface area contributed by atoms with Gasteiger partial charge in [-0.1, -0.05) is 0 Å². The molecule has 0 aliphatic carbocycles. The standard InChI is InChI=1S/C11H9NO2S/c1-8-6-7-15-11(8)9-2-4-10(5-3-9)12(13)14/h2-7H,1H3. The molecule has 0 fully saturated rings. The summed E-state index contributed by atoms with van der Waals surface area (Å²) in [5.41, 5.74) is 2.37. The highest BCUT2D eigenvalue weighted by Crippen LogP contribution is 2.29. The lowest BCUT2D eigenvalue weighted by Crippen LogP contribution is -1.86. The fourth-order valence-corrected chi connectivity index (χ4v) is 2.34. The summed E-state index contributed by atoms with van der Waals surface area (Å²) in [5, 5.41) is 12.5. The Kier molecular flexibility index (Phi) is 2.51. The molecule has 0 aliphatic rings. The van der Waals surface area contributed by atoms with E-state index in [1.54, 1.807) is 23.5 Å². The topological polar surface area (TPSA) is 43.1 Å². The van der Waals surface area contributed by atoms with Crippen molar-refractivity contribution in [1.29, 1.82) is 0 Å². The zero-order valence-electron chi connectivity index (χ0n) is 8.14. The Hall–Kier alpha value is -1.68. The van der Waals surface area contributed by atoms with E-state index in [1.165, 1.54) is 22.6 Å². The van der Waals surface area contributed by atoms with Crippen molar-refractivity contribution in [2.45, 2.75) is 6.92 Å². The van der Waals surface area contributed by atoms with Gasteiger partial charge in [0.1, 0.15) is 0 Å². The minimum atomic E-state index is -0.384. The van der Waals surface area contributed by atoms with Crippen LogP contribution in [0.3, 0.4) is 0 Å². The number of hydrogen-bond donors (Lipinski definition) is 0. The molecule has 1 aromatic carbocycles. The van der Waals surface area contributed by atoms with Crippen LogP contribution in [0.1, 0.15) is 5.56 Å². The first-order valence-electron chi connectivity index (χ1n) is 4.47. The summed E-state index contributed by atoms with van der Waals surface area (Å²) in [6, 6.07) is 8.69. The van der Waals surface area contributed by atoms with Crippen LogP contribution in [0.15, 0.2) is 35.7 Å². The maximum Gasteiger partial charge on any atom is 0.269 e. The molecule has 0 aliphatic heterocycles. The molecule has 2 rings (SSSR count). The summed E-state index contributed by atoms with van der Waals surface area (Å²) < 4.78 is 0. The van der Waals surface area contributed by atoms with E-state index in [-0.39, 0.29) is 10.6 Å². The Balaban J connectivity index is 2.40. The van der Waals surface area contributed by atoms with Crippen molar-refractivity contribution in [2.24, 2.45) is 0 Å². The maximum atomic E-state index is 10.5. The maximum absolute atomic E-state index is 10.5. The molecule has 0 saturated heterocycles. The van der Waals surface area contributed by atoms with Crippen LogP contribution in [0.2, 0.25) is 0 Å². The van der Waals surface area contributed by atoms with Crippen molar-refractivity contribution >= 4 is 17.0 Å². The normalized spacial score (nSPS) is 10.2. The van der Waals surface area contributed by atoms with E-state index in [4.69, 9.17) is 0 Å². The Labute approximate surface area is 91.1 Å². The summed E-state index contributed by atoms with van der Waals surface area (Å²) in [5.74, 6) is 0. The Morgan fingerprint density at radius 2 is 1.87 bits per heavy atom. The average Bonchev–Trinajstić information content (AvgIpc) is 2.65. The zero-order chi connectivity index (χ0) is 10.8. The van der Waals surface area contributed by atoms with E-state index in [1.807, 2.05) is 18.4 Å². The highest BCUT2D eigenvalue weighted by Gasteiger charge is 2.07. The largest absolute Gasteiger partial charge is 0.269 e. The number of non-ortho nitro benzene ring substituents is 1. The molecule has 0 bridgehead atoms. The molecule has 0 amide bonds. The Bertz CT molecular complexity index is 488. The lowest BCUT2D eigenvalue weighted by atomic mass is 10.1. The SMILES string of the molecule is Cc1ccsc1-c1ccc([N+](=O)[O-])cc1. The van der Waals surface area contributed by atoms with Gasteiger partial charge in [-0.3, -0.25) is 10.1 Å². The average molecular weight is 219 g/mol. The number of nitro groups is 1. The molecule has 0 saturated carbocycles. The molecule has 0 spiro atoms. The number of hydrogen-bond acceptors (Lipinski definition) is 3. The third-order valence-electron chi connectivity index (χ3n) is 2.20. The lowest BCUT2D eigenvalue weighted by molar-refractivity contribution is -0.384. The van der Waals surface area contributed by atoms with Gasteiger partial charge in [-0.25, -0.2) is 0 Å². The smallest absolute Gasteiger partial charge is 0.258 e. The first-order valence-corrected chi connectivity index (χ1v) is 5.35. The van der Waals surface area contributed by atoms with E-state index in [0.717, 1.165) is 5.56 Å². The van der Waals surface area contributed by atoms with E-state index in [9.17, 15) is 10.1 Å². The quantitative estimate of drug-likeness (QED) is 0.571. The van der Waals surface area contributed by atoms with E-state index in [0.29, 0.717) is 0 Å². The van der Waals surface area contributed by atoms with Crippen LogP contribution in [0.4, 0.5) is 5.69 Å². The number of nitrogens with zero attached hydrogens (tertiary/aromatic N) is 1. The van der Waals surface area contributed by atoms with Crippen molar-refractivity contribution in [2.75, 3.05) is 0 Å². The third kappa shape index (κ3) is 1.89. The van der Waals surface area contributed by atoms with Gasteiger partial charge in [0.15, 0.2) is 0 Å². The first-order chi connectivity index (χ1) is 7.18. The van der Waals surface area contributed by atoms with Gasteiger partial charge in [0.05, 0.1) is 4.92 Å². The summed E-state index contributed by atoms with van der Waals surface area (Å²) in [4.78, 5) is 11.3. The molecular formula is C11H9NO2S. The van der Waals surface area contributed by atoms with E-state index >= 15 is 0 Å². The van der Waals surface area contributed by atoms with Gasteiger partial charge in [0, 0.05) is 17.0 Å². The predicted octanol–water partition coefficient (Wildman–Crippen LogP) is 3.63. The van der Waals surface area contributed by atoms with Crippen LogP contribution in [-0.4, -0.2) is 4.92 Å². The molecule has 0 N–H and O–H groups in total. The van der Waals surface area contributed by atoms with Crippen LogP contribution in [-0.2, 0) is 0 Å². The number of aryl methyl sites for hydroxylation is 1. The molecule has 0 unspecified atom stereocenters. The third-order valence-corrected chi connectivity index (χ3v) is 3.27. The van der Waals surface area contributed by atoms with E-state index < -0.39 is 0 Å². The zero-order valence-corrected chi connectivity index (χ0v) is 8.95. The Morgan fingerprint density at radius 3 is 2.33 bits per heavy atom. The van der Waals surface area contributed by atoms with Crippen molar-refractivity contribution in [3.05, 3.63) is 51.4 Å². The van der Waals surface area contributed by atoms with Crippen LogP contribution in [0.5, 0.6) is 0 Å². The number of benzene rings is 1. The summed E-state index contributed by atoms with van der Waals surface area (Å²) in [7, 11) is 0. The molecule has 15 heavy (non-hydrogen) atoms. The molecule has 0 atom stereocenters. The molecular weight excluding hydrogens is 210 g/mol. The van der Waals surface area contributed by atoms with Crippen LogP contribution in [0.25, 0.3) is 10.4 Å². The fourth-order valence-electron chi connectivity index (χ4n) is 1.40. The van der Waals surface area contributed by atoms with Crippen LogP contribution < -0.4 is 0 Å². The highest BCUT2D eigenvalue weighted by atomic mass is 32.1. The predicted molar refractivity (Wildman–Crippen MR) is 61.1 cm³/mol. The second kappa shape index (κ2) is 3.82. The fraction of sp³-hybridized carbons (Fsp3) is 0.0909. The minimum Gasteiger partial charge on any atom is -0.258 e. The van der Waals surface area contributed by atoms with Gasteiger partial charge < -0.3 is 0 Å². The van der Waals surface area contributed by atoms with Gasteiger partial charge in [-0.05, 0) is 41.6 Å². The molecule has 4 heteroatoms. The number of nitro benzene ring substituents is 1.